The van der Waals surface area contributed by atoms with E-state index in [-0.39, 0.29) is 18.5 Å². The van der Waals surface area contributed by atoms with Crippen molar-refractivity contribution >= 4 is 22.7 Å². The third-order valence-corrected chi connectivity index (χ3v) is 6.21. The molecule has 1 atom stereocenters. The molecule has 1 saturated heterocycles. The van der Waals surface area contributed by atoms with Crippen LogP contribution in [0.1, 0.15) is 37.1 Å². The van der Waals surface area contributed by atoms with Crippen molar-refractivity contribution in [3.05, 3.63) is 71.4 Å². The Balaban J connectivity index is 1.44. The predicted molar refractivity (Wildman–Crippen MR) is 128 cm³/mol. The van der Waals surface area contributed by atoms with Gasteiger partial charge in [0.05, 0.1) is 11.6 Å². The molecule has 4 rings (SSSR count). The molecule has 34 heavy (non-hydrogen) atoms. The van der Waals surface area contributed by atoms with E-state index in [0.29, 0.717) is 35.9 Å². The van der Waals surface area contributed by atoms with Crippen LogP contribution in [0.5, 0.6) is 5.75 Å². The van der Waals surface area contributed by atoms with Gasteiger partial charge in [-0.1, -0.05) is 30.3 Å². The van der Waals surface area contributed by atoms with Crippen LogP contribution in [0.15, 0.2) is 54.6 Å². The number of nitrogens with two attached hydrogens (primary N) is 1. The van der Waals surface area contributed by atoms with Gasteiger partial charge >= 0.3 is 0 Å². The molecule has 2 aromatic carbocycles. The minimum absolute atomic E-state index is 0.201. The molecule has 0 radical (unpaired) electrons. The highest BCUT2D eigenvalue weighted by atomic mass is 16.5. The average Bonchev–Trinajstić information content (AvgIpc) is 3.11. The lowest BCUT2D eigenvalue weighted by Gasteiger charge is -2.25. The fourth-order valence-electron chi connectivity index (χ4n) is 4.27. The van der Waals surface area contributed by atoms with E-state index in [1.54, 1.807) is 38.1 Å². The summed E-state index contributed by atoms with van der Waals surface area (Å²) in [6, 6.07) is 16.8. The molecule has 8 heteroatoms. The second-order valence-corrected chi connectivity index (χ2v) is 9.03. The minimum Gasteiger partial charge on any atom is -0.489 e. The SMILES string of the molecule is Cc1cc(COc2ccc(C3(N)CCN(CC(=O)N(O)C(C)C)C3=O)cc2)c2ccccc2n1. The Morgan fingerprint density at radius 2 is 1.94 bits per heavy atom. The zero-order chi connectivity index (χ0) is 24.5. The Kier molecular flexibility index (Phi) is 6.54. The van der Waals surface area contributed by atoms with Gasteiger partial charge in [-0.25, -0.2) is 5.06 Å². The first-order valence-electron chi connectivity index (χ1n) is 11.4. The van der Waals surface area contributed by atoms with Gasteiger partial charge in [0, 0.05) is 23.2 Å². The van der Waals surface area contributed by atoms with Crippen molar-refractivity contribution in [1.82, 2.24) is 14.9 Å². The summed E-state index contributed by atoms with van der Waals surface area (Å²) in [5, 5.41) is 11.5. The van der Waals surface area contributed by atoms with E-state index in [9.17, 15) is 14.8 Å². The maximum absolute atomic E-state index is 13.0. The number of nitrogens with zero attached hydrogens (tertiary/aromatic N) is 3. The molecule has 2 amide bonds. The van der Waals surface area contributed by atoms with Crippen LogP contribution in [0.2, 0.25) is 0 Å². The molecule has 3 N–H and O–H groups in total. The zero-order valence-electron chi connectivity index (χ0n) is 19.7. The molecule has 1 unspecified atom stereocenters. The van der Waals surface area contributed by atoms with E-state index >= 15 is 0 Å². The molecule has 8 nitrogen and oxygen atoms in total. The van der Waals surface area contributed by atoms with E-state index < -0.39 is 11.4 Å². The standard InChI is InChI=1S/C26H30N4O4/c1-17(2)30(33)24(31)15-29-13-12-26(27,25(29)32)20-8-10-21(11-9-20)34-16-19-14-18(3)28-23-7-5-4-6-22(19)23/h4-11,14,17,33H,12-13,15-16,27H2,1-3H3. The van der Waals surface area contributed by atoms with Gasteiger partial charge in [0.2, 0.25) is 5.91 Å². The maximum Gasteiger partial charge on any atom is 0.265 e. The van der Waals surface area contributed by atoms with Crippen LogP contribution in [-0.2, 0) is 21.7 Å². The number of carbonyl (C=O) groups is 2. The monoisotopic (exact) mass is 462 g/mol. The number of fused-ring (bicyclic) bond motifs is 1. The smallest absolute Gasteiger partial charge is 0.265 e. The highest BCUT2D eigenvalue weighted by molar-refractivity contribution is 5.92. The molecular formula is C26H30N4O4. The topological polar surface area (TPSA) is 109 Å². The highest BCUT2D eigenvalue weighted by Gasteiger charge is 2.45. The summed E-state index contributed by atoms with van der Waals surface area (Å²) < 4.78 is 6.01. The van der Waals surface area contributed by atoms with Gasteiger partial charge in [-0.05, 0) is 57.0 Å². The first kappa shape index (κ1) is 23.7. The number of aromatic nitrogens is 1. The van der Waals surface area contributed by atoms with E-state index in [0.717, 1.165) is 22.2 Å². The normalized spacial score (nSPS) is 18.1. The van der Waals surface area contributed by atoms with Gasteiger partial charge in [-0.2, -0.15) is 0 Å². The number of ether oxygens (including phenoxy) is 1. The summed E-state index contributed by atoms with van der Waals surface area (Å²) in [4.78, 5) is 31.2. The highest BCUT2D eigenvalue weighted by Crippen LogP contribution is 2.32. The summed E-state index contributed by atoms with van der Waals surface area (Å²) in [5.74, 6) is -0.197. The van der Waals surface area contributed by atoms with Crippen molar-refractivity contribution in [2.24, 2.45) is 5.73 Å². The largest absolute Gasteiger partial charge is 0.489 e. The number of rotatable bonds is 7. The van der Waals surface area contributed by atoms with Crippen LogP contribution in [0.3, 0.4) is 0 Å². The Morgan fingerprint density at radius 3 is 2.65 bits per heavy atom. The van der Waals surface area contributed by atoms with Crippen LogP contribution in [0, 0.1) is 6.92 Å². The van der Waals surface area contributed by atoms with Crippen LogP contribution in [0.4, 0.5) is 0 Å². The average molecular weight is 463 g/mol. The fourth-order valence-corrected chi connectivity index (χ4v) is 4.27. The molecule has 3 aromatic rings. The van der Waals surface area contributed by atoms with Crippen molar-refractivity contribution in [2.75, 3.05) is 13.1 Å². The Morgan fingerprint density at radius 1 is 1.24 bits per heavy atom. The minimum atomic E-state index is -1.21. The second-order valence-electron chi connectivity index (χ2n) is 9.03. The van der Waals surface area contributed by atoms with Gasteiger partial charge in [0.1, 0.15) is 24.4 Å². The van der Waals surface area contributed by atoms with E-state index in [2.05, 4.69) is 4.98 Å². The van der Waals surface area contributed by atoms with Crippen LogP contribution in [0.25, 0.3) is 10.9 Å². The summed E-state index contributed by atoms with van der Waals surface area (Å²) in [7, 11) is 0. The molecule has 2 heterocycles. The van der Waals surface area contributed by atoms with E-state index in [1.165, 1.54) is 4.90 Å². The summed E-state index contributed by atoms with van der Waals surface area (Å²) >= 11 is 0. The number of pyridine rings is 1. The summed E-state index contributed by atoms with van der Waals surface area (Å²) in [5.41, 5.74) is 8.85. The number of aryl methyl sites for hydroxylation is 1. The Labute approximate surface area is 198 Å². The molecule has 0 aliphatic carbocycles. The van der Waals surface area contributed by atoms with Crippen molar-refractivity contribution in [3.63, 3.8) is 0 Å². The number of benzene rings is 2. The predicted octanol–water partition coefficient (Wildman–Crippen LogP) is 3.13. The van der Waals surface area contributed by atoms with Gasteiger partial charge in [-0.3, -0.25) is 19.8 Å². The molecule has 1 aromatic heterocycles. The lowest BCUT2D eigenvalue weighted by atomic mass is 9.89. The first-order valence-corrected chi connectivity index (χ1v) is 11.4. The molecule has 1 aliphatic rings. The lowest BCUT2D eigenvalue weighted by molar-refractivity contribution is -0.174. The van der Waals surface area contributed by atoms with Gasteiger partial charge < -0.3 is 15.4 Å². The number of para-hydroxylation sites is 1. The second kappa shape index (κ2) is 9.40. The molecule has 1 fully saturated rings. The van der Waals surface area contributed by atoms with Crippen molar-refractivity contribution in [1.29, 1.82) is 0 Å². The number of hydrogen-bond donors (Lipinski definition) is 2. The van der Waals surface area contributed by atoms with Crippen LogP contribution < -0.4 is 10.5 Å². The third kappa shape index (κ3) is 4.60. The number of likely N-dealkylation sites (tertiary alicyclic amines) is 1. The molecule has 178 valence electrons. The molecule has 1 aliphatic heterocycles. The van der Waals surface area contributed by atoms with Crippen LogP contribution in [-0.4, -0.2) is 51.1 Å². The van der Waals surface area contributed by atoms with Crippen molar-refractivity contribution in [2.45, 2.75) is 45.4 Å². The Hall–Kier alpha value is -3.49. The zero-order valence-corrected chi connectivity index (χ0v) is 19.7. The molecule has 0 spiro atoms. The van der Waals surface area contributed by atoms with Gasteiger partial charge in [0.15, 0.2) is 0 Å². The number of carbonyl (C=O) groups excluding carboxylic acids is 2. The number of hydroxylamine groups is 2. The van der Waals surface area contributed by atoms with Crippen LogP contribution >= 0.6 is 0 Å². The number of amides is 2. The fraction of sp³-hybridized carbons (Fsp3) is 0.346. The maximum atomic E-state index is 13.0. The van der Waals surface area contributed by atoms with Crippen molar-refractivity contribution in [3.8, 4) is 5.75 Å². The van der Waals surface area contributed by atoms with Crippen molar-refractivity contribution < 1.29 is 19.5 Å². The lowest BCUT2D eigenvalue weighted by Crippen LogP contribution is -2.48. The number of hydrogen-bond acceptors (Lipinski definition) is 6. The molecule has 0 saturated carbocycles. The molecular weight excluding hydrogens is 432 g/mol. The quantitative estimate of drug-likeness (QED) is 0.412. The first-order chi connectivity index (χ1) is 16.2. The molecule has 0 bridgehead atoms. The Bertz CT molecular complexity index is 1210. The summed E-state index contributed by atoms with van der Waals surface area (Å²) in [6.07, 6.45) is 0.384. The van der Waals surface area contributed by atoms with E-state index in [4.69, 9.17) is 10.5 Å². The summed E-state index contributed by atoms with van der Waals surface area (Å²) in [6.45, 7) is 5.88. The van der Waals surface area contributed by atoms with Gasteiger partial charge in [-0.15, -0.1) is 0 Å². The third-order valence-electron chi connectivity index (χ3n) is 6.21. The van der Waals surface area contributed by atoms with E-state index in [1.807, 2.05) is 37.3 Å². The van der Waals surface area contributed by atoms with Gasteiger partial charge in [0.25, 0.3) is 5.91 Å².